The Kier molecular flexibility index (Phi) is 5.76. The van der Waals surface area contributed by atoms with Gasteiger partial charge in [-0.15, -0.1) is 11.3 Å². The van der Waals surface area contributed by atoms with Crippen molar-refractivity contribution in [3.63, 3.8) is 0 Å². The number of rotatable bonds is 7. The van der Waals surface area contributed by atoms with Crippen LogP contribution in [0.5, 0.6) is 5.75 Å². The van der Waals surface area contributed by atoms with Gasteiger partial charge in [0.2, 0.25) is 10.0 Å². The summed E-state index contributed by atoms with van der Waals surface area (Å²) in [5.74, 6) is 0.687. The number of nitrogens with one attached hydrogen (secondary N) is 2. The van der Waals surface area contributed by atoms with Crippen LogP contribution < -0.4 is 14.8 Å². The smallest absolute Gasteiger partial charge is 0.229 e. The predicted molar refractivity (Wildman–Crippen MR) is 116 cm³/mol. The summed E-state index contributed by atoms with van der Waals surface area (Å²) >= 11 is 1.51. The van der Waals surface area contributed by atoms with Gasteiger partial charge >= 0.3 is 0 Å². The van der Waals surface area contributed by atoms with Crippen LogP contribution in [0.2, 0.25) is 0 Å². The second kappa shape index (κ2) is 7.92. The molecule has 7 nitrogen and oxygen atoms in total. The average Bonchev–Trinajstić information content (AvgIpc) is 3.00. The van der Waals surface area contributed by atoms with Gasteiger partial charge in [-0.3, -0.25) is 4.72 Å². The normalized spacial score (nSPS) is 12.0. The van der Waals surface area contributed by atoms with E-state index in [4.69, 9.17) is 9.72 Å². The van der Waals surface area contributed by atoms with Gasteiger partial charge < -0.3 is 10.1 Å². The highest BCUT2D eigenvalue weighted by Crippen LogP contribution is 2.33. The summed E-state index contributed by atoms with van der Waals surface area (Å²) in [6.45, 7) is 8.03. The number of sulfonamides is 1. The Morgan fingerprint density at radius 2 is 1.82 bits per heavy atom. The Morgan fingerprint density at radius 1 is 1.07 bits per heavy atom. The molecule has 9 heteroatoms. The first kappa shape index (κ1) is 20.3. The zero-order valence-electron chi connectivity index (χ0n) is 16.5. The number of aromatic nitrogens is 2. The molecule has 0 aliphatic heterocycles. The quantitative estimate of drug-likeness (QED) is 0.591. The first-order chi connectivity index (χ1) is 13.1. The molecule has 0 aliphatic carbocycles. The number of fused-ring (bicyclic) bond motifs is 1. The largest absolute Gasteiger partial charge is 0.490 e. The number of anilines is 2. The van der Waals surface area contributed by atoms with Crippen LogP contribution in [-0.4, -0.2) is 36.8 Å². The monoisotopic (exact) mass is 420 g/mol. The summed E-state index contributed by atoms with van der Waals surface area (Å²) in [6, 6.07) is 7.37. The molecule has 0 atom stereocenters. The molecule has 0 aliphatic rings. The molecule has 150 valence electrons. The molecule has 0 saturated heterocycles. The van der Waals surface area contributed by atoms with Crippen LogP contribution >= 0.6 is 11.3 Å². The van der Waals surface area contributed by atoms with Gasteiger partial charge in [-0.1, -0.05) is 0 Å². The molecule has 1 aromatic carbocycles. The van der Waals surface area contributed by atoms with Gasteiger partial charge in [0.25, 0.3) is 0 Å². The maximum Gasteiger partial charge on any atom is 0.229 e. The first-order valence-corrected chi connectivity index (χ1v) is 11.7. The molecule has 28 heavy (non-hydrogen) atoms. The molecule has 2 aromatic heterocycles. The standard InChI is InChI=1S/C19H24N4O3S2/c1-11(2)20-19-22-17(10-27-19)16-9-18(26-12(3)4)14-7-6-13(8-15(14)21-16)23-28(5,24)25/h6-12,23H,1-5H3,(H,20,22). The predicted octanol–water partition coefficient (Wildman–Crippen LogP) is 4.34. The van der Waals surface area contributed by atoms with Crippen molar-refractivity contribution >= 4 is 43.1 Å². The van der Waals surface area contributed by atoms with E-state index < -0.39 is 10.0 Å². The summed E-state index contributed by atoms with van der Waals surface area (Å²) in [5.41, 5.74) is 2.50. The fourth-order valence-electron chi connectivity index (χ4n) is 2.66. The summed E-state index contributed by atoms with van der Waals surface area (Å²) in [7, 11) is -3.37. The van der Waals surface area contributed by atoms with Crippen molar-refractivity contribution in [1.82, 2.24) is 9.97 Å². The summed E-state index contributed by atoms with van der Waals surface area (Å²) in [4.78, 5) is 9.31. The van der Waals surface area contributed by atoms with Gasteiger partial charge in [0.15, 0.2) is 5.13 Å². The van der Waals surface area contributed by atoms with Crippen molar-refractivity contribution in [2.24, 2.45) is 0 Å². The molecule has 0 saturated carbocycles. The molecule has 0 fully saturated rings. The molecule has 0 spiro atoms. The van der Waals surface area contributed by atoms with Crippen LogP contribution in [0.1, 0.15) is 27.7 Å². The number of nitrogens with zero attached hydrogens (tertiary/aromatic N) is 2. The Morgan fingerprint density at radius 3 is 2.46 bits per heavy atom. The van der Waals surface area contributed by atoms with E-state index in [1.165, 1.54) is 11.3 Å². The van der Waals surface area contributed by atoms with E-state index in [0.29, 0.717) is 22.6 Å². The lowest BCUT2D eigenvalue weighted by molar-refractivity contribution is 0.245. The number of hydrogen-bond acceptors (Lipinski definition) is 7. The number of ether oxygens (including phenoxy) is 1. The second-order valence-corrected chi connectivity index (χ2v) is 9.72. The molecule has 0 bridgehead atoms. The fraction of sp³-hybridized carbons (Fsp3) is 0.368. The van der Waals surface area contributed by atoms with Crippen LogP contribution in [0.15, 0.2) is 29.6 Å². The van der Waals surface area contributed by atoms with E-state index in [1.807, 2.05) is 31.4 Å². The number of hydrogen-bond donors (Lipinski definition) is 2. The van der Waals surface area contributed by atoms with E-state index in [0.717, 1.165) is 22.5 Å². The van der Waals surface area contributed by atoms with Crippen molar-refractivity contribution in [2.45, 2.75) is 39.8 Å². The van der Waals surface area contributed by atoms with Crippen molar-refractivity contribution < 1.29 is 13.2 Å². The minimum atomic E-state index is -3.37. The SMILES string of the molecule is CC(C)Nc1nc(-c2cc(OC(C)C)c3ccc(NS(C)(=O)=O)cc3n2)cs1. The average molecular weight is 421 g/mol. The highest BCUT2D eigenvalue weighted by Gasteiger charge is 2.14. The van der Waals surface area contributed by atoms with Gasteiger partial charge in [-0.05, 0) is 45.9 Å². The van der Waals surface area contributed by atoms with Crippen LogP contribution in [0, 0.1) is 0 Å². The zero-order chi connectivity index (χ0) is 20.5. The van der Waals surface area contributed by atoms with Gasteiger partial charge in [-0.25, -0.2) is 18.4 Å². The Bertz CT molecular complexity index is 1090. The van der Waals surface area contributed by atoms with Crippen molar-refractivity contribution in [2.75, 3.05) is 16.3 Å². The lowest BCUT2D eigenvalue weighted by Crippen LogP contribution is -2.10. The molecule has 0 unspecified atom stereocenters. The van der Waals surface area contributed by atoms with Gasteiger partial charge in [0.05, 0.1) is 29.3 Å². The minimum absolute atomic E-state index is 0.0131. The maximum absolute atomic E-state index is 11.6. The Hall–Kier alpha value is -2.39. The lowest BCUT2D eigenvalue weighted by atomic mass is 10.1. The third kappa shape index (κ3) is 5.11. The number of benzene rings is 1. The molecule has 0 amide bonds. The van der Waals surface area contributed by atoms with Gasteiger partial charge in [0.1, 0.15) is 11.4 Å². The highest BCUT2D eigenvalue weighted by atomic mass is 32.2. The number of pyridine rings is 1. The fourth-order valence-corrected chi connectivity index (χ4v) is 4.07. The summed E-state index contributed by atoms with van der Waals surface area (Å²) in [6.07, 6.45) is 1.10. The summed E-state index contributed by atoms with van der Waals surface area (Å²) < 4.78 is 31.6. The zero-order valence-corrected chi connectivity index (χ0v) is 18.1. The molecule has 2 N–H and O–H groups in total. The van der Waals surface area contributed by atoms with Crippen molar-refractivity contribution in [3.8, 4) is 17.1 Å². The third-order valence-corrected chi connectivity index (χ3v) is 5.00. The highest BCUT2D eigenvalue weighted by molar-refractivity contribution is 7.92. The van der Waals surface area contributed by atoms with E-state index in [2.05, 4.69) is 28.9 Å². The molecular formula is C19H24N4O3S2. The second-order valence-electron chi connectivity index (χ2n) is 7.12. The summed E-state index contributed by atoms with van der Waals surface area (Å²) in [5, 5.41) is 6.86. The molecular weight excluding hydrogens is 396 g/mol. The van der Waals surface area contributed by atoms with E-state index in [1.54, 1.807) is 12.1 Å². The molecule has 3 rings (SSSR count). The van der Waals surface area contributed by atoms with Crippen LogP contribution in [-0.2, 0) is 10.0 Å². The van der Waals surface area contributed by atoms with Crippen LogP contribution in [0.3, 0.4) is 0 Å². The Labute approximate surface area is 169 Å². The van der Waals surface area contributed by atoms with Crippen LogP contribution in [0.25, 0.3) is 22.3 Å². The maximum atomic E-state index is 11.6. The minimum Gasteiger partial charge on any atom is -0.490 e. The Balaban J connectivity index is 2.10. The topological polar surface area (TPSA) is 93.2 Å². The number of thiazole rings is 1. The molecule has 3 aromatic rings. The van der Waals surface area contributed by atoms with Crippen molar-refractivity contribution in [3.05, 3.63) is 29.6 Å². The van der Waals surface area contributed by atoms with Gasteiger partial charge in [0, 0.05) is 22.9 Å². The van der Waals surface area contributed by atoms with E-state index in [-0.39, 0.29) is 12.1 Å². The van der Waals surface area contributed by atoms with E-state index in [9.17, 15) is 8.42 Å². The van der Waals surface area contributed by atoms with E-state index >= 15 is 0 Å². The van der Waals surface area contributed by atoms with Crippen LogP contribution in [0.4, 0.5) is 10.8 Å². The van der Waals surface area contributed by atoms with Gasteiger partial charge in [-0.2, -0.15) is 0 Å². The third-order valence-electron chi connectivity index (χ3n) is 3.62. The van der Waals surface area contributed by atoms with Crippen molar-refractivity contribution in [1.29, 1.82) is 0 Å². The first-order valence-electron chi connectivity index (χ1n) is 8.92. The molecule has 0 radical (unpaired) electrons. The lowest BCUT2D eigenvalue weighted by Gasteiger charge is -2.14. The molecule has 2 heterocycles.